The summed E-state index contributed by atoms with van der Waals surface area (Å²) in [5, 5.41) is 9.22. The van der Waals surface area contributed by atoms with Crippen LogP contribution in [0.4, 0.5) is 0 Å². The Balaban J connectivity index is 0.00000560. The first kappa shape index (κ1) is 42.8. The van der Waals surface area contributed by atoms with Crippen LogP contribution in [0.1, 0.15) is 103 Å². The van der Waals surface area contributed by atoms with E-state index >= 15 is 0 Å². The molecule has 8 bridgehead atoms. The van der Waals surface area contributed by atoms with Crippen LogP contribution in [0.25, 0.3) is 35.3 Å². The number of carbonyl (C=O) groups is 1. The standard InChI is InChI=1S/C53H38N7O3.Zn/c61-53(62)36-14-19-40(20-15-36)63-35-9-1-2-13-41-45-24-26-47(57-45)42(21-16-37-10-3-6-32-54-37)49-28-30-51(59-49)44(23-18-39-12-5-8-34-56-39)52-31-29-50(60-52)43(48-27-25-46(41)58-48)22-17-38-11-4-7-33-55-38;/h3-8,10-12,14-15,19-20,24-28,30,32-34H,1-2,9,13,29,31,35H2,(H2-,54,55,56,57,58,59,60,61,62);/q-1;+2/p-1. The van der Waals surface area contributed by atoms with Gasteiger partial charge in [-0.05, 0) is 147 Å². The number of rotatable bonds is 8. The molecule has 0 amide bonds. The minimum atomic E-state index is -0.966. The zero-order valence-electron chi connectivity index (χ0n) is 34.8. The molecule has 304 valence electrons. The number of aryl methyl sites for hydroxylation is 3. The van der Waals surface area contributed by atoms with Crippen molar-refractivity contribution in [3.63, 3.8) is 0 Å². The maximum absolute atomic E-state index is 11.3. The number of carboxylic acids is 1. The molecule has 0 spiro atoms. The molecule has 8 heterocycles. The van der Waals surface area contributed by atoms with Crippen molar-refractivity contribution >= 4 is 41.3 Å². The molecular formula is C53H37N7O3Zn. The van der Waals surface area contributed by atoms with Crippen LogP contribution < -0.4 is 14.7 Å². The van der Waals surface area contributed by atoms with E-state index in [4.69, 9.17) is 24.7 Å². The first-order valence-electron chi connectivity index (χ1n) is 20.6. The van der Waals surface area contributed by atoms with E-state index in [1.807, 2.05) is 91.0 Å². The van der Waals surface area contributed by atoms with Crippen LogP contribution in [-0.2, 0) is 38.7 Å². The Bertz CT molecular complexity index is 3160. The minimum Gasteiger partial charge on any atom is -0.663 e. The van der Waals surface area contributed by atoms with Gasteiger partial charge in [-0.15, -0.1) is 22.4 Å². The van der Waals surface area contributed by atoms with Gasteiger partial charge >= 0.3 is 25.4 Å². The van der Waals surface area contributed by atoms with Gasteiger partial charge in [0.25, 0.3) is 0 Å². The molecule has 3 aliphatic heterocycles. The van der Waals surface area contributed by atoms with Crippen LogP contribution in [0.5, 0.6) is 5.75 Å². The summed E-state index contributed by atoms with van der Waals surface area (Å²) in [6, 6.07) is 27.4. The number of hydrogen-bond donors (Lipinski definition) is 1. The average molecular weight is 885 g/mol. The van der Waals surface area contributed by atoms with Crippen molar-refractivity contribution in [3.05, 3.63) is 189 Å². The Morgan fingerprint density at radius 3 is 1.62 bits per heavy atom. The van der Waals surface area contributed by atoms with Gasteiger partial charge in [0.15, 0.2) is 0 Å². The van der Waals surface area contributed by atoms with Crippen molar-refractivity contribution in [1.29, 1.82) is 0 Å². The molecule has 1 aromatic carbocycles. The molecule has 0 saturated heterocycles. The van der Waals surface area contributed by atoms with E-state index in [2.05, 4.69) is 50.5 Å². The second-order valence-electron chi connectivity index (χ2n) is 14.6. The number of aromatic nitrogens is 7. The molecule has 0 atom stereocenters. The molecule has 0 aliphatic carbocycles. The van der Waals surface area contributed by atoms with Gasteiger partial charge in [-0.2, -0.15) is 0 Å². The number of fused-ring (bicyclic) bond motifs is 8. The predicted molar refractivity (Wildman–Crippen MR) is 243 cm³/mol. The third-order valence-electron chi connectivity index (χ3n) is 10.4. The van der Waals surface area contributed by atoms with E-state index in [0.29, 0.717) is 76.7 Å². The fourth-order valence-electron chi connectivity index (χ4n) is 7.22. The van der Waals surface area contributed by atoms with Crippen molar-refractivity contribution in [2.75, 3.05) is 6.61 Å². The molecular weight excluding hydrogens is 848 g/mol. The Hall–Kier alpha value is -7.90. The van der Waals surface area contributed by atoms with Crippen molar-refractivity contribution in [2.45, 2.75) is 38.5 Å². The van der Waals surface area contributed by atoms with E-state index in [1.54, 1.807) is 42.9 Å². The smallest absolute Gasteiger partial charge is 0.663 e. The summed E-state index contributed by atoms with van der Waals surface area (Å²) in [5.41, 5.74) is 11.2. The van der Waals surface area contributed by atoms with Crippen LogP contribution in [0.15, 0.2) is 110 Å². The zero-order valence-corrected chi connectivity index (χ0v) is 37.7. The Labute approximate surface area is 383 Å². The number of ether oxygens (including phenoxy) is 1. The maximum atomic E-state index is 11.3. The second-order valence-corrected chi connectivity index (χ2v) is 14.6. The molecule has 0 fully saturated rings. The molecule has 0 unspecified atom stereocenters. The first-order chi connectivity index (χ1) is 31.0. The number of carboxylic acid groups (broad SMARTS) is 1. The molecule has 10 nitrogen and oxygen atoms in total. The van der Waals surface area contributed by atoms with Gasteiger partial charge in [0, 0.05) is 35.3 Å². The van der Waals surface area contributed by atoms with Gasteiger partial charge in [-0.3, -0.25) is 0 Å². The SMILES string of the molecule is O=C(O)c1ccc(OCCCCCc2c3nc(c(C#Cc4ccccn4)c4[n-]c(c(C#Cc5ccccn5)c5nc(c(C#Cc6ccccn6)c6ccc2[n-]6)C=C5)CC4)C=C3)cc1.[Zn+2]. The van der Waals surface area contributed by atoms with Crippen molar-refractivity contribution in [2.24, 2.45) is 0 Å². The largest absolute Gasteiger partial charge is 2.00 e. The number of nitrogens with zero attached hydrogens (tertiary/aromatic N) is 7. The second kappa shape index (κ2) is 20.3. The number of unbranched alkanes of at least 4 members (excludes halogenated alkanes) is 2. The molecule has 3 aliphatic rings. The van der Waals surface area contributed by atoms with Gasteiger partial charge in [0.1, 0.15) is 22.8 Å². The Kier molecular flexibility index (Phi) is 13.6. The molecule has 0 radical (unpaired) electrons. The summed E-state index contributed by atoms with van der Waals surface area (Å²) in [5.74, 6) is 19.6. The summed E-state index contributed by atoms with van der Waals surface area (Å²) >= 11 is 0. The van der Waals surface area contributed by atoms with Crippen LogP contribution in [0.2, 0.25) is 0 Å². The number of aromatic carboxylic acids is 1. The van der Waals surface area contributed by atoms with Crippen molar-refractivity contribution in [3.8, 4) is 41.3 Å². The normalized spacial score (nSPS) is 11.4. The fraction of sp³-hybridized carbons (Fsp3) is 0.132. The number of hydrogen-bond acceptors (Lipinski definition) is 7. The topological polar surface area (TPSA) is 139 Å². The molecule has 6 aromatic rings. The van der Waals surface area contributed by atoms with E-state index in [0.717, 1.165) is 58.7 Å². The van der Waals surface area contributed by atoms with Crippen LogP contribution in [0.3, 0.4) is 0 Å². The zero-order chi connectivity index (χ0) is 42.8. The summed E-state index contributed by atoms with van der Waals surface area (Å²) < 4.78 is 5.93. The first-order valence-corrected chi connectivity index (χ1v) is 20.6. The van der Waals surface area contributed by atoms with Gasteiger partial charge in [-0.25, -0.2) is 29.7 Å². The third-order valence-corrected chi connectivity index (χ3v) is 10.4. The van der Waals surface area contributed by atoms with Gasteiger partial charge < -0.3 is 19.8 Å². The number of benzene rings is 1. The van der Waals surface area contributed by atoms with Crippen LogP contribution in [-0.4, -0.2) is 42.6 Å². The van der Waals surface area contributed by atoms with Gasteiger partial charge in [0.05, 0.1) is 34.9 Å². The summed E-state index contributed by atoms with van der Waals surface area (Å²) in [6.07, 6.45) is 17.7. The van der Waals surface area contributed by atoms with E-state index in [9.17, 15) is 9.90 Å². The van der Waals surface area contributed by atoms with E-state index in [1.165, 1.54) is 0 Å². The van der Waals surface area contributed by atoms with Gasteiger partial charge in [0.2, 0.25) is 0 Å². The third kappa shape index (κ3) is 10.2. The monoisotopic (exact) mass is 883 g/mol. The average Bonchev–Trinajstić information content (AvgIpc) is 4.18. The van der Waals surface area contributed by atoms with Crippen molar-refractivity contribution in [1.82, 2.24) is 34.9 Å². The van der Waals surface area contributed by atoms with Crippen LogP contribution in [0, 0.1) is 35.5 Å². The Morgan fingerprint density at radius 1 is 0.562 bits per heavy atom. The molecule has 11 heteroatoms. The van der Waals surface area contributed by atoms with Crippen LogP contribution >= 0.6 is 0 Å². The van der Waals surface area contributed by atoms with E-state index < -0.39 is 5.97 Å². The molecule has 5 aromatic heterocycles. The number of pyridine rings is 3. The molecule has 64 heavy (non-hydrogen) atoms. The maximum Gasteiger partial charge on any atom is 2.00 e. The molecule has 1 N–H and O–H groups in total. The Morgan fingerprint density at radius 2 is 1.08 bits per heavy atom. The van der Waals surface area contributed by atoms with E-state index in [-0.39, 0.29) is 25.0 Å². The predicted octanol–water partition coefficient (Wildman–Crippen LogP) is 8.29. The summed E-state index contributed by atoms with van der Waals surface area (Å²) in [7, 11) is 0. The van der Waals surface area contributed by atoms with Crippen molar-refractivity contribution < 1.29 is 34.1 Å². The summed E-state index contributed by atoms with van der Waals surface area (Å²) in [4.78, 5) is 45.5. The van der Waals surface area contributed by atoms with Gasteiger partial charge in [-0.1, -0.05) is 48.1 Å². The summed E-state index contributed by atoms with van der Waals surface area (Å²) in [6.45, 7) is 0.503. The molecule has 0 saturated carbocycles. The molecule has 9 rings (SSSR count). The fourth-order valence-corrected chi connectivity index (χ4v) is 7.22. The minimum absolute atomic E-state index is 0. The quantitative estimate of drug-likeness (QED) is 0.0901.